The van der Waals surface area contributed by atoms with Crippen LogP contribution in [0.4, 0.5) is 4.79 Å². The van der Waals surface area contributed by atoms with Crippen LogP contribution in [0.1, 0.15) is 32.1 Å². The molecule has 5 nitrogen and oxygen atoms in total. The highest BCUT2D eigenvalue weighted by atomic mass is 16.6. The molecule has 0 aromatic heterocycles. The first-order chi connectivity index (χ1) is 6.58. The van der Waals surface area contributed by atoms with E-state index in [4.69, 9.17) is 21.5 Å². The van der Waals surface area contributed by atoms with Gasteiger partial charge in [0.1, 0.15) is 5.60 Å². The lowest BCUT2D eigenvalue weighted by Gasteiger charge is -2.36. The molecule has 0 radical (unpaired) electrons. The molecule has 1 saturated carbocycles. The SMILES string of the molecule is N#CCC1(OC(N)=O)CCC(N)CC1. The zero-order chi connectivity index (χ0) is 10.6. The third-order valence-electron chi connectivity index (χ3n) is 2.66. The van der Waals surface area contributed by atoms with E-state index in [0.717, 1.165) is 12.8 Å². The highest BCUT2D eigenvalue weighted by molar-refractivity contribution is 5.65. The van der Waals surface area contributed by atoms with E-state index >= 15 is 0 Å². The first kappa shape index (κ1) is 10.8. The maximum Gasteiger partial charge on any atom is 0.405 e. The lowest BCUT2D eigenvalue weighted by Crippen LogP contribution is -2.43. The van der Waals surface area contributed by atoms with Gasteiger partial charge < -0.3 is 16.2 Å². The van der Waals surface area contributed by atoms with Crippen molar-refractivity contribution in [2.24, 2.45) is 11.5 Å². The van der Waals surface area contributed by atoms with Gasteiger partial charge in [0.15, 0.2) is 0 Å². The number of hydrogen-bond acceptors (Lipinski definition) is 4. The van der Waals surface area contributed by atoms with E-state index in [2.05, 4.69) is 0 Å². The summed E-state index contributed by atoms with van der Waals surface area (Å²) in [5.41, 5.74) is 10.0. The summed E-state index contributed by atoms with van der Waals surface area (Å²) >= 11 is 0. The Balaban J connectivity index is 2.63. The lowest BCUT2D eigenvalue weighted by atomic mass is 9.80. The van der Waals surface area contributed by atoms with Crippen molar-refractivity contribution < 1.29 is 9.53 Å². The second-order valence-corrected chi connectivity index (χ2v) is 3.78. The van der Waals surface area contributed by atoms with Crippen molar-refractivity contribution in [3.63, 3.8) is 0 Å². The molecule has 0 unspecified atom stereocenters. The quantitative estimate of drug-likeness (QED) is 0.677. The average Bonchev–Trinajstić information content (AvgIpc) is 2.10. The van der Waals surface area contributed by atoms with Gasteiger partial charge in [0.05, 0.1) is 12.5 Å². The number of rotatable bonds is 2. The summed E-state index contributed by atoms with van der Waals surface area (Å²) in [5, 5.41) is 8.65. The first-order valence-corrected chi connectivity index (χ1v) is 4.69. The molecular formula is C9H15N3O2. The second-order valence-electron chi connectivity index (χ2n) is 3.78. The Morgan fingerprint density at radius 2 is 2.14 bits per heavy atom. The summed E-state index contributed by atoms with van der Waals surface area (Å²) in [5.74, 6) is 0. The van der Waals surface area contributed by atoms with Crippen LogP contribution in [0.15, 0.2) is 0 Å². The summed E-state index contributed by atoms with van der Waals surface area (Å²) in [6.07, 6.45) is 2.19. The third kappa shape index (κ3) is 2.60. The van der Waals surface area contributed by atoms with E-state index in [1.54, 1.807) is 0 Å². The fraction of sp³-hybridized carbons (Fsp3) is 0.778. The zero-order valence-corrected chi connectivity index (χ0v) is 8.03. The van der Waals surface area contributed by atoms with E-state index in [0.29, 0.717) is 12.8 Å². The number of nitrogens with two attached hydrogens (primary N) is 2. The molecule has 0 bridgehead atoms. The minimum absolute atomic E-state index is 0.151. The van der Waals surface area contributed by atoms with Crippen LogP contribution in [0.25, 0.3) is 0 Å². The Hall–Kier alpha value is -1.28. The topological polar surface area (TPSA) is 102 Å². The molecule has 1 aliphatic carbocycles. The number of primary amides is 1. The second kappa shape index (κ2) is 4.29. The highest BCUT2D eigenvalue weighted by Crippen LogP contribution is 2.33. The van der Waals surface area contributed by atoms with Gasteiger partial charge in [-0.1, -0.05) is 0 Å². The average molecular weight is 197 g/mol. The third-order valence-corrected chi connectivity index (χ3v) is 2.66. The summed E-state index contributed by atoms with van der Waals surface area (Å²) in [7, 11) is 0. The maximum atomic E-state index is 10.7. The van der Waals surface area contributed by atoms with Crippen LogP contribution in [-0.4, -0.2) is 17.7 Å². The number of amides is 1. The number of carbonyl (C=O) groups excluding carboxylic acids is 1. The van der Waals surface area contributed by atoms with Crippen molar-refractivity contribution in [2.75, 3.05) is 0 Å². The van der Waals surface area contributed by atoms with E-state index in [1.165, 1.54) is 0 Å². The number of ether oxygens (including phenoxy) is 1. The molecule has 0 aromatic carbocycles. The van der Waals surface area contributed by atoms with Crippen molar-refractivity contribution in [1.29, 1.82) is 5.26 Å². The first-order valence-electron chi connectivity index (χ1n) is 4.69. The smallest absolute Gasteiger partial charge is 0.405 e. The zero-order valence-electron chi connectivity index (χ0n) is 8.03. The minimum atomic E-state index is -0.810. The Morgan fingerprint density at radius 1 is 1.57 bits per heavy atom. The molecule has 4 N–H and O–H groups in total. The summed E-state index contributed by atoms with van der Waals surface area (Å²) in [6, 6.07) is 2.18. The molecule has 14 heavy (non-hydrogen) atoms. The number of carbonyl (C=O) groups is 1. The van der Waals surface area contributed by atoms with E-state index < -0.39 is 11.7 Å². The fourth-order valence-electron chi connectivity index (χ4n) is 1.84. The Kier molecular flexibility index (Phi) is 3.31. The molecule has 0 spiro atoms. The van der Waals surface area contributed by atoms with Gasteiger partial charge in [-0.05, 0) is 25.7 Å². The largest absolute Gasteiger partial charge is 0.442 e. The van der Waals surface area contributed by atoms with Gasteiger partial charge in [-0.2, -0.15) is 5.26 Å². The van der Waals surface area contributed by atoms with Crippen molar-refractivity contribution in [1.82, 2.24) is 0 Å². The molecule has 1 aliphatic rings. The minimum Gasteiger partial charge on any atom is -0.442 e. The van der Waals surface area contributed by atoms with Crippen LogP contribution in [-0.2, 0) is 4.74 Å². The molecule has 0 aliphatic heterocycles. The Bertz CT molecular complexity index is 251. The van der Waals surface area contributed by atoms with Gasteiger partial charge in [0.2, 0.25) is 0 Å². The van der Waals surface area contributed by atoms with Crippen LogP contribution in [0.3, 0.4) is 0 Å². The van der Waals surface area contributed by atoms with Crippen LogP contribution in [0, 0.1) is 11.3 Å². The molecule has 0 aromatic rings. The van der Waals surface area contributed by atoms with Crippen LogP contribution < -0.4 is 11.5 Å². The van der Waals surface area contributed by atoms with Gasteiger partial charge in [0, 0.05) is 6.04 Å². The molecule has 0 saturated heterocycles. The summed E-state index contributed by atoms with van der Waals surface area (Å²) < 4.78 is 5.03. The predicted molar refractivity (Wildman–Crippen MR) is 50.1 cm³/mol. The normalized spacial score (nSPS) is 31.9. The van der Waals surface area contributed by atoms with Gasteiger partial charge >= 0.3 is 6.09 Å². The number of nitrogens with zero attached hydrogens (tertiary/aromatic N) is 1. The monoisotopic (exact) mass is 197 g/mol. The van der Waals surface area contributed by atoms with Gasteiger partial charge in [-0.15, -0.1) is 0 Å². The summed E-state index contributed by atoms with van der Waals surface area (Å²) in [4.78, 5) is 10.7. The predicted octanol–water partition coefficient (Wildman–Crippen LogP) is 0.635. The van der Waals surface area contributed by atoms with E-state index in [9.17, 15) is 4.79 Å². The van der Waals surface area contributed by atoms with Crippen LogP contribution in [0.2, 0.25) is 0 Å². The molecule has 1 rings (SSSR count). The molecule has 1 fully saturated rings. The summed E-state index contributed by atoms with van der Waals surface area (Å²) in [6.45, 7) is 0. The van der Waals surface area contributed by atoms with Gasteiger partial charge in [0.25, 0.3) is 0 Å². The van der Waals surface area contributed by atoms with Crippen molar-refractivity contribution in [3.8, 4) is 6.07 Å². The number of nitriles is 1. The van der Waals surface area contributed by atoms with E-state index in [-0.39, 0.29) is 12.5 Å². The standard InChI is InChI=1S/C9H15N3O2/c10-6-5-9(14-8(12)13)3-1-7(11)2-4-9/h7H,1-5,11H2,(H2,12,13). The Labute approximate surface area is 83.0 Å². The van der Waals surface area contributed by atoms with Crippen LogP contribution >= 0.6 is 0 Å². The van der Waals surface area contributed by atoms with Gasteiger partial charge in [-0.3, -0.25) is 0 Å². The van der Waals surface area contributed by atoms with Crippen molar-refractivity contribution in [3.05, 3.63) is 0 Å². The molecule has 5 heteroatoms. The van der Waals surface area contributed by atoms with E-state index in [1.807, 2.05) is 6.07 Å². The lowest BCUT2D eigenvalue weighted by molar-refractivity contribution is -0.0117. The molecule has 0 atom stereocenters. The van der Waals surface area contributed by atoms with Crippen LogP contribution in [0.5, 0.6) is 0 Å². The maximum absolute atomic E-state index is 10.7. The molecular weight excluding hydrogens is 182 g/mol. The van der Waals surface area contributed by atoms with Crippen molar-refractivity contribution in [2.45, 2.75) is 43.7 Å². The van der Waals surface area contributed by atoms with Crippen molar-refractivity contribution >= 4 is 6.09 Å². The fourth-order valence-corrected chi connectivity index (χ4v) is 1.84. The highest BCUT2D eigenvalue weighted by Gasteiger charge is 2.37. The Morgan fingerprint density at radius 3 is 2.57 bits per heavy atom. The van der Waals surface area contributed by atoms with Gasteiger partial charge in [-0.25, -0.2) is 4.79 Å². The number of hydrogen-bond donors (Lipinski definition) is 2. The molecule has 78 valence electrons. The molecule has 1 amide bonds. The molecule has 0 heterocycles.